The number of nitrogens with zero attached hydrogens (tertiary/aromatic N) is 1. The van der Waals surface area contributed by atoms with E-state index >= 15 is 0 Å². The molecule has 0 aliphatic rings. The van der Waals surface area contributed by atoms with Gasteiger partial charge in [0.1, 0.15) is 5.78 Å². The van der Waals surface area contributed by atoms with Crippen molar-refractivity contribution in [3.63, 3.8) is 0 Å². The van der Waals surface area contributed by atoms with Crippen molar-refractivity contribution < 1.29 is 4.79 Å². The molecule has 72 valence electrons. The average Bonchev–Trinajstić information content (AvgIpc) is 2.42. The molecule has 0 spiro atoms. The van der Waals surface area contributed by atoms with Crippen LogP contribution in [0.4, 0.5) is 5.13 Å². The minimum Gasteiger partial charge on any atom is -0.375 e. The van der Waals surface area contributed by atoms with Crippen LogP contribution in [0.1, 0.15) is 12.5 Å². The molecule has 0 fully saturated rings. The number of hydrogen-bond acceptors (Lipinski definition) is 4. The lowest BCUT2D eigenvalue weighted by Crippen LogP contribution is -1.95. The molecule has 0 aliphatic carbocycles. The van der Waals surface area contributed by atoms with Gasteiger partial charge in [-0.2, -0.15) is 0 Å². The molecule has 0 amide bonds. The van der Waals surface area contributed by atoms with Gasteiger partial charge in [-0.1, -0.05) is 17.4 Å². The van der Waals surface area contributed by atoms with E-state index in [0.717, 1.165) is 15.8 Å². The minimum absolute atomic E-state index is 0.168. The summed E-state index contributed by atoms with van der Waals surface area (Å²) in [5, 5.41) is 0.569. The van der Waals surface area contributed by atoms with E-state index in [1.165, 1.54) is 11.3 Å². The zero-order chi connectivity index (χ0) is 10.1. The first kappa shape index (κ1) is 9.15. The molecule has 0 unspecified atom stereocenters. The predicted octanol–water partition coefficient (Wildman–Crippen LogP) is 2.01. The summed E-state index contributed by atoms with van der Waals surface area (Å²) in [6.45, 7) is 1.59. The monoisotopic (exact) mass is 206 g/mol. The minimum atomic E-state index is 0.168. The number of aromatic nitrogens is 1. The molecule has 2 rings (SSSR count). The summed E-state index contributed by atoms with van der Waals surface area (Å²) in [5.41, 5.74) is 7.51. The zero-order valence-electron chi connectivity index (χ0n) is 7.78. The lowest BCUT2D eigenvalue weighted by Gasteiger charge is -1.96. The number of anilines is 1. The van der Waals surface area contributed by atoms with Gasteiger partial charge in [0.2, 0.25) is 0 Å². The summed E-state index contributed by atoms with van der Waals surface area (Å²) in [6.07, 6.45) is 0.480. The maximum Gasteiger partial charge on any atom is 0.181 e. The molecule has 3 nitrogen and oxygen atoms in total. The topological polar surface area (TPSA) is 56.0 Å². The summed E-state index contributed by atoms with van der Waals surface area (Å²) in [7, 11) is 0. The standard InChI is InChI=1S/C10H10N2OS/c1-6(13)4-7-2-3-8-9(5-7)14-10(11)12-8/h2-3,5H,4H2,1H3,(H2,11,12). The lowest BCUT2D eigenvalue weighted by atomic mass is 10.1. The van der Waals surface area contributed by atoms with E-state index in [1.807, 2.05) is 18.2 Å². The van der Waals surface area contributed by atoms with Gasteiger partial charge in [-0.15, -0.1) is 0 Å². The largest absolute Gasteiger partial charge is 0.375 e. The van der Waals surface area contributed by atoms with Crippen molar-refractivity contribution in [3.05, 3.63) is 23.8 Å². The van der Waals surface area contributed by atoms with Gasteiger partial charge in [0.15, 0.2) is 5.13 Å². The Morgan fingerprint density at radius 2 is 2.36 bits per heavy atom. The fourth-order valence-corrected chi connectivity index (χ4v) is 2.18. The molecule has 14 heavy (non-hydrogen) atoms. The van der Waals surface area contributed by atoms with Crippen LogP contribution in [0.5, 0.6) is 0 Å². The van der Waals surface area contributed by atoms with Gasteiger partial charge in [0, 0.05) is 6.42 Å². The van der Waals surface area contributed by atoms with Crippen LogP contribution >= 0.6 is 11.3 Å². The van der Waals surface area contributed by atoms with E-state index < -0.39 is 0 Å². The van der Waals surface area contributed by atoms with E-state index in [1.54, 1.807) is 6.92 Å². The van der Waals surface area contributed by atoms with Crippen molar-refractivity contribution in [1.29, 1.82) is 0 Å². The highest BCUT2D eigenvalue weighted by molar-refractivity contribution is 7.22. The SMILES string of the molecule is CC(=O)Cc1ccc2nc(N)sc2c1. The summed E-state index contributed by atoms with van der Waals surface area (Å²) in [5.74, 6) is 0.168. The van der Waals surface area contributed by atoms with Crippen molar-refractivity contribution >= 4 is 32.5 Å². The second-order valence-corrected chi connectivity index (χ2v) is 4.30. The van der Waals surface area contributed by atoms with Crippen LogP contribution < -0.4 is 5.73 Å². The van der Waals surface area contributed by atoms with E-state index in [0.29, 0.717) is 11.6 Å². The van der Waals surface area contributed by atoms with Crippen LogP contribution in [0.3, 0.4) is 0 Å². The van der Waals surface area contributed by atoms with Crippen LogP contribution in [-0.4, -0.2) is 10.8 Å². The van der Waals surface area contributed by atoms with Crippen molar-refractivity contribution in [2.75, 3.05) is 5.73 Å². The third-order valence-corrected chi connectivity index (χ3v) is 2.77. The van der Waals surface area contributed by atoms with Crippen molar-refractivity contribution in [1.82, 2.24) is 4.98 Å². The van der Waals surface area contributed by atoms with Gasteiger partial charge in [-0.25, -0.2) is 4.98 Å². The molecular formula is C10H10N2OS. The maximum absolute atomic E-state index is 10.9. The van der Waals surface area contributed by atoms with Crippen molar-refractivity contribution in [2.24, 2.45) is 0 Å². The maximum atomic E-state index is 10.9. The molecule has 1 aromatic carbocycles. The molecule has 0 aliphatic heterocycles. The average molecular weight is 206 g/mol. The fourth-order valence-electron chi connectivity index (χ4n) is 1.38. The normalized spacial score (nSPS) is 10.6. The van der Waals surface area contributed by atoms with Crippen LogP contribution in [0.2, 0.25) is 0 Å². The van der Waals surface area contributed by atoms with Gasteiger partial charge in [-0.05, 0) is 24.6 Å². The lowest BCUT2D eigenvalue weighted by molar-refractivity contribution is -0.116. The van der Waals surface area contributed by atoms with Gasteiger partial charge >= 0.3 is 0 Å². The van der Waals surface area contributed by atoms with Gasteiger partial charge < -0.3 is 5.73 Å². The van der Waals surface area contributed by atoms with E-state index in [2.05, 4.69) is 4.98 Å². The van der Waals surface area contributed by atoms with Crippen LogP contribution in [-0.2, 0) is 11.2 Å². The van der Waals surface area contributed by atoms with Crippen LogP contribution in [0, 0.1) is 0 Å². The first-order valence-corrected chi connectivity index (χ1v) is 5.11. The number of benzene rings is 1. The number of thiazole rings is 1. The summed E-state index contributed by atoms with van der Waals surface area (Å²) in [4.78, 5) is 15.1. The Morgan fingerprint density at radius 1 is 1.57 bits per heavy atom. The number of hydrogen-bond donors (Lipinski definition) is 1. The first-order valence-electron chi connectivity index (χ1n) is 4.29. The van der Waals surface area contributed by atoms with Gasteiger partial charge in [0.05, 0.1) is 10.2 Å². The highest BCUT2D eigenvalue weighted by atomic mass is 32.1. The highest BCUT2D eigenvalue weighted by Gasteiger charge is 2.03. The second-order valence-electron chi connectivity index (χ2n) is 3.23. The number of carbonyl (C=O) groups excluding carboxylic acids is 1. The van der Waals surface area contributed by atoms with Gasteiger partial charge in [0.25, 0.3) is 0 Å². The van der Waals surface area contributed by atoms with E-state index in [4.69, 9.17) is 5.73 Å². The highest BCUT2D eigenvalue weighted by Crippen LogP contribution is 2.24. The molecule has 1 heterocycles. The first-order chi connectivity index (χ1) is 6.65. The number of Topliss-reactive ketones (excluding diaryl/α,β-unsaturated/α-hetero) is 1. The Kier molecular flexibility index (Phi) is 2.21. The van der Waals surface area contributed by atoms with Crippen LogP contribution in [0.25, 0.3) is 10.2 Å². The summed E-state index contributed by atoms with van der Waals surface area (Å²) < 4.78 is 1.04. The fraction of sp³-hybridized carbons (Fsp3) is 0.200. The molecule has 0 saturated heterocycles. The molecule has 1 aromatic heterocycles. The molecule has 2 aromatic rings. The quantitative estimate of drug-likeness (QED) is 0.817. The number of fused-ring (bicyclic) bond motifs is 1. The number of nitrogens with two attached hydrogens (primary N) is 1. The van der Waals surface area contributed by atoms with Crippen molar-refractivity contribution in [3.8, 4) is 0 Å². The third kappa shape index (κ3) is 1.75. The zero-order valence-corrected chi connectivity index (χ0v) is 8.60. The second kappa shape index (κ2) is 3.38. The van der Waals surface area contributed by atoms with Crippen molar-refractivity contribution in [2.45, 2.75) is 13.3 Å². The number of nitrogen functional groups attached to an aromatic ring is 1. The molecule has 2 N–H and O–H groups in total. The summed E-state index contributed by atoms with van der Waals surface area (Å²) >= 11 is 1.45. The molecule has 4 heteroatoms. The predicted molar refractivity (Wildman–Crippen MR) is 58.4 cm³/mol. The van der Waals surface area contributed by atoms with Crippen LogP contribution in [0.15, 0.2) is 18.2 Å². The van der Waals surface area contributed by atoms with E-state index in [-0.39, 0.29) is 5.78 Å². The Bertz CT molecular complexity index is 490. The molecule has 0 bridgehead atoms. The number of rotatable bonds is 2. The Morgan fingerprint density at radius 3 is 3.07 bits per heavy atom. The van der Waals surface area contributed by atoms with E-state index in [9.17, 15) is 4.79 Å². The Labute approximate surface area is 85.6 Å². The molecular weight excluding hydrogens is 196 g/mol. The number of carbonyl (C=O) groups is 1. The Hall–Kier alpha value is -1.42. The molecule has 0 atom stereocenters. The summed E-state index contributed by atoms with van der Waals surface area (Å²) in [6, 6.07) is 5.80. The Balaban J connectivity index is 2.45. The molecule has 0 saturated carbocycles. The smallest absolute Gasteiger partial charge is 0.181 e. The molecule has 0 radical (unpaired) electrons. The number of ketones is 1. The third-order valence-electron chi connectivity index (χ3n) is 1.92. The van der Waals surface area contributed by atoms with Gasteiger partial charge in [-0.3, -0.25) is 4.79 Å².